The van der Waals surface area contributed by atoms with Gasteiger partial charge in [-0.3, -0.25) is 10.2 Å². The Bertz CT molecular complexity index is 1340. The van der Waals surface area contributed by atoms with Gasteiger partial charge in [-0.25, -0.2) is 9.97 Å². The highest BCUT2D eigenvalue weighted by molar-refractivity contribution is 9.10. The summed E-state index contributed by atoms with van der Waals surface area (Å²) in [5, 5.41) is 12.2. The molecule has 1 saturated carbocycles. The van der Waals surface area contributed by atoms with Crippen molar-refractivity contribution >= 4 is 44.8 Å². The molecule has 0 saturated heterocycles. The van der Waals surface area contributed by atoms with Gasteiger partial charge in [0.05, 0.1) is 6.33 Å². The number of carbonyl (C=O) groups excluding carboxylic acids is 1. The number of hydrogen-bond acceptors (Lipinski definition) is 7. The largest absolute Gasteiger partial charge is 0.454 e. The number of hydrogen-bond donors (Lipinski definition) is 3. The lowest BCUT2D eigenvalue weighted by atomic mass is 9.78. The van der Waals surface area contributed by atoms with E-state index >= 15 is 0 Å². The van der Waals surface area contributed by atoms with E-state index in [1.807, 2.05) is 16.7 Å². The molecule has 5 rings (SSSR count). The fourth-order valence-electron chi connectivity index (χ4n) is 4.54. The first kappa shape index (κ1) is 25.1. The smallest absolute Gasteiger partial charge is 0.231 e. The van der Waals surface area contributed by atoms with Crippen LogP contribution in [0.25, 0.3) is 11.2 Å². The third-order valence-electron chi connectivity index (χ3n) is 6.57. The number of nitrogens with one attached hydrogen (secondary N) is 3. The summed E-state index contributed by atoms with van der Waals surface area (Å²) in [6.45, 7) is 7.12. The van der Waals surface area contributed by atoms with Crippen LogP contribution in [0.3, 0.4) is 0 Å². The van der Waals surface area contributed by atoms with Gasteiger partial charge in [0.1, 0.15) is 5.52 Å². The number of aromatic amines is 1. The number of carbonyl (C=O) groups is 1. The van der Waals surface area contributed by atoms with Gasteiger partial charge in [-0.15, -0.1) is 0 Å². The number of nitrogens with zero attached hydrogens (tertiary/aromatic N) is 3. The summed E-state index contributed by atoms with van der Waals surface area (Å²) < 4.78 is 13.8. The normalized spacial score (nSPS) is 16.2. The number of fused-ring (bicyclic) bond motifs is 2. The van der Waals surface area contributed by atoms with Gasteiger partial charge >= 0.3 is 0 Å². The van der Waals surface area contributed by atoms with E-state index in [1.165, 1.54) is 18.2 Å². The lowest BCUT2D eigenvalue weighted by molar-refractivity contribution is -0.124. The minimum absolute atomic E-state index is 0.0425. The van der Waals surface area contributed by atoms with Crippen molar-refractivity contribution in [3.63, 3.8) is 0 Å². The van der Waals surface area contributed by atoms with Crippen molar-refractivity contribution in [1.29, 1.82) is 5.41 Å². The second kappa shape index (κ2) is 10.1. The number of ether oxygens (including phenoxy) is 2. The average molecular weight is 576 g/mol. The van der Waals surface area contributed by atoms with Gasteiger partial charge in [0.25, 0.3) is 0 Å². The van der Waals surface area contributed by atoms with Crippen LogP contribution < -0.4 is 20.3 Å². The summed E-state index contributed by atoms with van der Waals surface area (Å²) in [6.07, 6.45) is 6.50. The van der Waals surface area contributed by atoms with E-state index in [0.717, 1.165) is 28.6 Å². The third-order valence-corrected chi connectivity index (χ3v) is 8.43. The highest BCUT2D eigenvalue weighted by Crippen LogP contribution is 2.42. The number of aromatic nitrogens is 4. The Labute approximate surface area is 222 Å². The van der Waals surface area contributed by atoms with Crippen LogP contribution in [0.4, 0.5) is 0 Å². The first-order valence-electron chi connectivity index (χ1n) is 12.2. The lowest BCUT2D eigenvalue weighted by Gasteiger charge is -2.35. The van der Waals surface area contributed by atoms with Crippen molar-refractivity contribution in [2.45, 2.75) is 75.5 Å². The fraction of sp³-hybridized carbons (Fsp3) is 0.520. The summed E-state index contributed by atoms with van der Waals surface area (Å²) in [6, 6.07) is 3.94. The zero-order chi connectivity index (χ0) is 25.4. The SMILES string of the molecule is CC(C)(C)CC(=O)NC(CCn1cnc(=N)c2[nH]c(Sc3cc4c(cc3Br)OCO4)nc21)C1CCC1. The number of H-pyrrole nitrogens is 1. The van der Waals surface area contributed by atoms with E-state index in [9.17, 15) is 4.79 Å². The molecule has 0 radical (unpaired) electrons. The van der Waals surface area contributed by atoms with Gasteiger partial charge in [0.2, 0.25) is 12.7 Å². The van der Waals surface area contributed by atoms with E-state index in [1.54, 1.807) is 6.33 Å². The monoisotopic (exact) mass is 574 g/mol. The van der Waals surface area contributed by atoms with Gasteiger partial charge in [0, 0.05) is 28.4 Å². The molecule has 1 aromatic carbocycles. The number of rotatable bonds is 8. The molecule has 2 aromatic heterocycles. The van der Waals surface area contributed by atoms with Crippen LogP contribution in [0.5, 0.6) is 11.5 Å². The van der Waals surface area contributed by atoms with Crippen molar-refractivity contribution in [2.75, 3.05) is 6.79 Å². The summed E-state index contributed by atoms with van der Waals surface area (Å²) >= 11 is 5.05. The molecule has 1 fully saturated rings. The van der Waals surface area contributed by atoms with E-state index in [2.05, 4.69) is 52.0 Å². The molecule has 1 unspecified atom stereocenters. The van der Waals surface area contributed by atoms with Crippen molar-refractivity contribution in [2.24, 2.45) is 11.3 Å². The molecule has 192 valence electrons. The van der Waals surface area contributed by atoms with E-state index in [-0.39, 0.29) is 29.6 Å². The van der Waals surface area contributed by atoms with Crippen LogP contribution in [0.1, 0.15) is 52.9 Å². The topological polar surface area (TPSA) is 118 Å². The van der Waals surface area contributed by atoms with E-state index < -0.39 is 0 Å². The van der Waals surface area contributed by atoms with Crippen LogP contribution in [-0.2, 0) is 11.3 Å². The molecule has 0 bridgehead atoms. The standard InChI is InChI=1S/C25H31BrN6O3S/c1-25(2,3)11-20(33)29-16(14-5-4-6-14)7-8-32-12-28-22(27)21-23(32)31-24(30-21)36-19-10-18-17(9-15(19)26)34-13-35-18/h9-10,12,14,16,27H,4-8,11,13H2,1-3H3,(H,29,33)(H,30,31). The Kier molecular flexibility index (Phi) is 7.04. The number of aryl methyl sites for hydroxylation is 1. The summed E-state index contributed by atoms with van der Waals surface area (Å²) in [5.74, 6) is 2.04. The molecule has 9 nitrogen and oxygen atoms in total. The maximum Gasteiger partial charge on any atom is 0.231 e. The van der Waals surface area contributed by atoms with Crippen LogP contribution in [0.15, 0.2) is 33.0 Å². The fourth-order valence-corrected chi connectivity index (χ4v) is 5.92. The molecule has 1 aliphatic heterocycles. The molecule has 1 amide bonds. The Morgan fingerprint density at radius 3 is 2.78 bits per heavy atom. The first-order chi connectivity index (χ1) is 17.2. The number of imidazole rings is 1. The van der Waals surface area contributed by atoms with Crippen LogP contribution in [-0.4, -0.2) is 38.3 Å². The van der Waals surface area contributed by atoms with Crippen molar-refractivity contribution in [1.82, 2.24) is 24.8 Å². The number of benzene rings is 1. The molecule has 3 heterocycles. The van der Waals surface area contributed by atoms with Crippen LogP contribution in [0, 0.1) is 16.7 Å². The van der Waals surface area contributed by atoms with Crippen molar-refractivity contribution in [3.8, 4) is 11.5 Å². The molecule has 36 heavy (non-hydrogen) atoms. The molecule has 3 N–H and O–H groups in total. The molecule has 1 aliphatic carbocycles. The Morgan fingerprint density at radius 2 is 2.08 bits per heavy atom. The lowest BCUT2D eigenvalue weighted by Crippen LogP contribution is -2.44. The average Bonchev–Trinajstić information content (AvgIpc) is 3.38. The Hall–Kier alpha value is -2.53. The second-order valence-corrected chi connectivity index (χ2v) is 12.5. The van der Waals surface area contributed by atoms with Crippen molar-refractivity contribution < 1.29 is 14.3 Å². The molecule has 1 atom stereocenters. The molecular weight excluding hydrogens is 544 g/mol. The van der Waals surface area contributed by atoms with Crippen LogP contribution >= 0.6 is 27.7 Å². The second-order valence-electron chi connectivity index (χ2n) is 10.7. The summed E-state index contributed by atoms with van der Waals surface area (Å²) in [5.41, 5.74) is 1.38. The highest BCUT2D eigenvalue weighted by Gasteiger charge is 2.29. The Balaban J connectivity index is 1.34. The quantitative estimate of drug-likeness (QED) is 0.348. The molecule has 0 spiro atoms. The molecular formula is C25H31BrN6O3S. The third kappa shape index (κ3) is 5.56. The highest BCUT2D eigenvalue weighted by atomic mass is 79.9. The summed E-state index contributed by atoms with van der Waals surface area (Å²) in [7, 11) is 0. The predicted molar refractivity (Wildman–Crippen MR) is 140 cm³/mol. The van der Waals surface area contributed by atoms with Gasteiger partial charge in [-0.1, -0.05) is 39.0 Å². The number of amides is 1. The number of halogens is 1. The molecule has 3 aromatic rings. The van der Waals surface area contributed by atoms with Crippen molar-refractivity contribution in [3.05, 3.63) is 28.4 Å². The van der Waals surface area contributed by atoms with Crippen LogP contribution in [0.2, 0.25) is 0 Å². The van der Waals surface area contributed by atoms with Gasteiger partial charge in [-0.2, -0.15) is 0 Å². The maximum atomic E-state index is 12.7. The van der Waals surface area contributed by atoms with Gasteiger partial charge in [-0.05, 0) is 58.7 Å². The zero-order valence-electron chi connectivity index (χ0n) is 20.7. The minimum Gasteiger partial charge on any atom is -0.454 e. The molecule has 11 heteroatoms. The first-order valence-corrected chi connectivity index (χ1v) is 13.8. The minimum atomic E-state index is -0.0425. The molecule has 2 aliphatic rings. The summed E-state index contributed by atoms with van der Waals surface area (Å²) in [4.78, 5) is 25.9. The predicted octanol–water partition coefficient (Wildman–Crippen LogP) is 4.99. The van der Waals surface area contributed by atoms with Gasteiger partial charge < -0.3 is 24.3 Å². The van der Waals surface area contributed by atoms with Gasteiger partial charge in [0.15, 0.2) is 27.8 Å². The maximum absolute atomic E-state index is 12.7. The van der Waals surface area contributed by atoms with E-state index in [0.29, 0.717) is 46.7 Å². The van der Waals surface area contributed by atoms with E-state index in [4.69, 9.17) is 19.9 Å². The zero-order valence-corrected chi connectivity index (χ0v) is 23.1. The Morgan fingerprint density at radius 1 is 1.33 bits per heavy atom.